The Balaban J connectivity index is 1.12. The SMILES string of the molecule is CN1C=CN(c2cccc(Oc3cccc(-c4cc(-c5ccc(-c6cccc7ccccc67)cc5)ccn4)c3)c2)C1. The number of ether oxygens (including phenoxy) is 1. The Morgan fingerprint density at radius 1 is 0.610 bits per heavy atom. The van der Waals surface area contributed by atoms with E-state index in [1.165, 1.54) is 21.9 Å². The molecule has 1 aromatic heterocycles. The van der Waals surface area contributed by atoms with Gasteiger partial charge in [-0.3, -0.25) is 4.98 Å². The highest BCUT2D eigenvalue weighted by molar-refractivity contribution is 5.96. The lowest BCUT2D eigenvalue weighted by atomic mass is 9.96. The second-order valence-electron chi connectivity index (χ2n) is 10.3. The van der Waals surface area contributed by atoms with E-state index in [1.807, 2.05) is 36.5 Å². The van der Waals surface area contributed by atoms with Crippen LogP contribution in [0.4, 0.5) is 5.69 Å². The zero-order chi connectivity index (χ0) is 27.6. The van der Waals surface area contributed by atoms with Gasteiger partial charge in [0.1, 0.15) is 11.5 Å². The van der Waals surface area contributed by atoms with E-state index in [-0.39, 0.29) is 0 Å². The summed E-state index contributed by atoms with van der Waals surface area (Å²) in [6.45, 7) is 0.826. The lowest BCUT2D eigenvalue weighted by Crippen LogP contribution is -2.21. The summed E-state index contributed by atoms with van der Waals surface area (Å²) in [6.07, 6.45) is 6.02. The predicted octanol–water partition coefficient (Wildman–Crippen LogP) is 9.21. The van der Waals surface area contributed by atoms with Gasteiger partial charge in [0.2, 0.25) is 0 Å². The van der Waals surface area contributed by atoms with Crippen LogP contribution in [0.5, 0.6) is 11.5 Å². The van der Waals surface area contributed by atoms with E-state index >= 15 is 0 Å². The molecule has 0 spiro atoms. The monoisotopic (exact) mass is 531 g/mol. The van der Waals surface area contributed by atoms with Gasteiger partial charge in [0.25, 0.3) is 0 Å². The van der Waals surface area contributed by atoms with Crippen LogP contribution < -0.4 is 9.64 Å². The van der Waals surface area contributed by atoms with Gasteiger partial charge >= 0.3 is 0 Å². The van der Waals surface area contributed by atoms with Crippen LogP contribution in [-0.2, 0) is 0 Å². The second kappa shape index (κ2) is 10.7. The van der Waals surface area contributed by atoms with Crippen LogP contribution in [0.15, 0.2) is 146 Å². The van der Waals surface area contributed by atoms with Gasteiger partial charge in [-0.1, -0.05) is 84.9 Å². The molecule has 0 atom stereocenters. The van der Waals surface area contributed by atoms with E-state index in [4.69, 9.17) is 4.74 Å². The number of pyridine rings is 1. The third-order valence-electron chi connectivity index (χ3n) is 7.47. The molecule has 1 aliphatic rings. The van der Waals surface area contributed by atoms with Crippen LogP contribution in [0.2, 0.25) is 0 Å². The number of benzene rings is 5. The molecule has 6 aromatic rings. The fourth-order valence-electron chi connectivity index (χ4n) is 5.36. The van der Waals surface area contributed by atoms with E-state index in [9.17, 15) is 0 Å². The largest absolute Gasteiger partial charge is 0.457 e. The molecule has 2 heterocycles. The molecule has 0 unspecified atom stereocenters. The molecule has 0 aliphatic carbocycles. The topological polar surface area (TPSA) is 28.6 Å². The first-order valence-electron chi connectivity index (χ1n) is 13.8. The Kier molecular flexibility index (Phi) is 6.42. The maximum Gasteiger partial charge on any atom is 0.129 e. The van der Waals surface area contributed by atoms with Crippen molar-refractivity contribution >= 4 is 16.5 Å². The third kappa shape index (κ3) is 5.15. The summed E-state index contributed by atoms with van der Waals surface area (Å²) >= 11 is 0. The molecular weight excluding hydrogens is 502 g/mol. The van der Waals surface area contributed by atoms with Crippen molar-refractivity contribution in [1.29, 1.82) is 0 Å². The molecule has 7 rings (SSSR count). The van der Waals surface area contributed by atoms with E-state index in [0.29, 0.717) is 0 Å². The zero-order valence-corrected chi connectivity index (χ0v) is 22.8. The summed E-state index contributed by atoms with van der Waals surface area (Å²) in [7, 11) is 2.06. The van der Waals surface area contributed by atoms with E-state index in [0.717, 1.165) is 46.2 Å². The molecule has 198 valence electrons. The van der Waals surface area contributed by atoms with Crippen LogP contribution in [-0.4, -0.2) is 23.6 Å². The maximum atomic E-state index is 6.28. The van der Waals surface area contributed by atoms with Crippen LogP contribution in [0.3, 0.4) is 0 Å². The first-order chi connectivity index (χ1) is 20.2. The fourth-order valence-corrected chi connectivity index (χ4v) is 5.36. The molecular formula is C37H29N3O. The van der Waals surface area contributed by atoms with Crippen molar-refractivity contribution in [2.75, 3.05) is 18.6 Å². The Labute approximate surface area is 240 Å². The number of fused-ring (bicyclic) bond motifs is 1. The predicted molar refractivity (Wildman–Crippen MR) is 169 cm³/mol. The smallest absolute Gasteiger partial charge is 0.129 e. The number of hydrogen-bond acceptors (Lipinski definition) is 4. The van der Waals surface area contributed by atoms with Crippen molar-refractivity contribution in [3.63, 3.8) is 0 Å². The quantitative estimate of drug-likeness (QED) is 0.214. The molecule has 41 heavy (non-hydrogen) atoms. The molecule has 1 aliphatic heterocycles. The molecule has 0 N–H and O–H groups in total. The Hall–Kier alpha value is -5.35. The van der Waals surface area contributed by atoms with Crippen molar-refractivity contribution in [1.82, 2.24) is 9.88 Å². The number of aromatic nitrogens is 1. The van der Waals surface area contributed by atoms with Crippen LogP contribution in [0.1, 0.15) is 0 Å². The van der Waals surface area contributed by atoms with Gasteiger partial charge in [-0.2, -0.15) is 0 Å². The summed E-state index contributed by atoms with van der Waals surface area (Å²) in [4.78, 5) is 9.01. The van der Waals surface area contributed by atoms with Gasteiger partial charge < -0.3 is 14.5 Å². The average Bonchev–Trinajstić information content (AvgIpc) is 3.47. The molecule has 0 saturated carbocycles. The highest BCUT2D eigenvalue weighted by Crippen LogP contribution is 2.33. The first kappa shape index (κ1) is 24.7. The Morgan fingerprint density at radius 3 is 2.22 bits per heavy atom. The molecule has 0 bridgehead atoms. The fraction of sp³-hybridized carbons (Fsp3) is 0.0541. The van der Waals surface area contributed by atoms with Crippen LogP contribution in [0, 0.1) is 0 Å². The minimum Gasteiger partial charge on any atom is -0.457 e. The number of hydrogen-bond donors (Lipinski definition) is 0. The summed E-state index contributed by atoms with van der Waals surface area (Å²) in [6, 6.07) is 44.3. The first-order valence-corrected chi connectivity index (χ1v) is 13.8. The Bertz CT molecular complexity index is 1870. The van der Waals surface area contributed by atoms with Crippen molar-refractivity contribution < 1.29 is 4.74 Å². The van der Waals surface area contributed by atoms with E-state index in [2.05, 4.69) is 131 Å². The van der Waals surface area contributed by atoms with Gasteiger partial charge in [-0.25, -0.2) is 0 Å². The van der Waals surface area contributed by atoms with Gasteiger partial charge in [-0.15, -0.1) is 0 Å². The standard InChI is InChI=1S/C37H29N3O/c1-39-21-22-40(26-39)32-10-6-12-34(25-32)41-33-11-4-9-31(23-33)37-24-30(19-20-38-37)27-15-17-29(18-16-27)36-14-5-8-28-7-2-3-13-35(28)36/h2-25H,26H2,1H3. The molecule has 0 saturated heterocycles. The minimum absolute atomic E-state index is 0.778. The average molecular weight is 532 g/mol. The van der Waals surface area contributed by atoms with Crippen molar-refractivity contribution in [3.05, 3.63) is 146 Å². The zero-order valence-electron chi connectivity index (χ0n) is 22.8. The molecule has 0 radical (unpaired) electrons. The molecule has 5 aromatic carbocycles. The van der Waals surface area contributed by atoms with E-state index < -0.39 is 0 Å². The van der Waals surface area contributed by atoms with Gasteiger partial charge in [0.05, 0.1) is 12.4 Å². The highest BCUT2D eigenvalue weighted by Gasteiger charge is 2.12. The van der Waals surface area contributed by atoms with Crippen LogP contribution >= 0.6 is 0 Å². The normalized spacial score (nSPS) is 12.7. The molecule has 4 nitrogen and oxygen atoms in total. The van der Waals surface area contributed by atoms with Gasteiger partial charge in [0.15, 0.2) is 0 Å². The van der Waals surface area contributed by atoms with Gasteiger partial charge in [0, 0.05) is 43.0 Å². The van der Waals surface area contributed by atoms with Crippen molar-refractivity contribution in [2.24, 2.45) is 0 Å². The molecule has 4 heteroatoms. The third-order valence-corrected chi connectivity index (χ3v) is 7.47. The highest BCUT2D eigenvalue weighted by atomic mass is 16.5. The van der Waals surface area contributed by atoms with Crippen LogP contribution in [0.25, 0.3) is 44.3 Å². The summed E-state index contributed by atoms with van der Waals surface area (Å²) in [5.41, 5.74) is 7.76. The molecule has 0 fully saturated rings. The second-order valence-corrected chi connectivity index (χ2v) is 10.3. The lowest BCUT2D eigenvalue weighted by Gasteiger charge is -2.19. The summed E-state index contributed by atoms with van der Waals surface area (Å²) in [5, 5.41) is 2.52. The Morgan fingerprint density at radius 2 is 1.37 bits per heavy atom. The lowest BCUT2D eigenvalue weighted by molar-refractivity contribution is 0.481. The minimum atomic E-state index is 0.778. The maximum absolute atomic E-state index is 6.28. The number of anilines is 1. The van der Waals surface area contributed by atoms with Crippen molar-refractivity contribution in [3.8, 4) is 45.0 Å². The van der Waals surface area contributed by atoms with Gasteiger partial charge in [-0.05, 0) is 69.4 Å². The van der Waals surface area contributed by atoms with Crippen molar-refractivity contribution in [2.45, 2.75) is 0 Å². The van der Waals surface area contributed by atoms with E-state index in [1.54, 1.807) is 0 Å². The summed E-state index contributed by atoms with van der Waals surface area (Å²) < 4.78 is 6.28. The number of rotatable bonds is 6. The summed E-state index contributed by atoms with van der Waals surface area (Å²) in [5.74, 6) is 1.58. The number of nitrogens with zero attached hydrogens (tertiary/aromatic N) is 3. The molecule has 0 amide bonds.